The van der Waals surface area contributed by atoms with Gasteiger partial charge in [-0.05, 0) is 67.5 Å². The Morgan fingerprint density at radius 1 is 1.23 bits per heavy atom. The summed E-state index contributed by atoms with van der Waals surface area (Å²) in [5.74, 6) is 0.735. The maximum atomic E-state index is 12.6. The van der Waals surface area contributed by atoms with Gasteiger partial charge < -0.3 is 20.0 Å². The molecule has 1 fully saturated rings. The number of nitrogens with zero attached hydrogens (tertiary/aromatic N) is 2. The van der Waals surface area contributed by atoms with Crippen LogP contribution in [0.4, 0.5) is 5.69 Å². The van der Waals surface area contributed by atoms with E-state index in [0.29, 0.717) is 18.1 Å². The molecule has 1 aliphatic rings. The van der Waals surface area contributed by atoms with Crippen LogP contribution in [0.15, 0.2) is 65.4 Å². The van der Waals surface area contributed by atoms with E-state index < -0.39 is 0 Å². The lowest BCUT2D eigenvalue weighted by Gasteiger charge is -2.25. The number of rotatable bonds is 6. The van der Waals surface area contributed by atoms with Gasteiger partial charge in [-0.25, -0.2) is 0 Å². The third kappa shape index (κ3) is 4.21. The standard InChI is InChI=1S/C23H24N4O2S/c1-15-8-9-16(2)18(14-15)25-20(28)10-12-27-22(19-7-5-13-29-19)21(26-23(27)30)17-6-3-4-11-24-17/h3-9,11,13-14,21-22H,10,12H2,1-2H3,(H,25,28)(H,26,30). The Hall–Kier alpha value is -3.19. The van der Waals surface area contributed by atoms with Crippen molar-refractivity contribution in [3.63, 3.8) is 0 Å². The molecule has 0 radical (unpaired) electrons. The van der Waals surface area contributed by atoms with E-state index in [1.807, 2.05) is 67.3 Å². The number of hydrogen-bond acceptors (Lipinski definition) is 4. The lowest BCUT2D eigenvalue weighted by molar-refractivity contribution is -0.116. The fraction of sp³-hybridized carbons (Fsp3) is 0.261. The number of benzene rings is 1. The quantitative estimate of drug-likeness (QED) is 0.580. The maximum Gasteiger partial charge on any atom is 0.226 e. The molecule has 6 nitrogen and oxygen atoms in total. The van der Waals surface area contributed by atoms with Crippen LogP contribution in [0.25, 0.3) is 0 Å². The van der Waals surface area contributed by atoms with Crippen LogP contribution in [-0.4, -0.2) is 27.4 Å². The Morgan fingerprint density at radius 3 is 2.83 bits per heavy atom. The first kappa shape index (κ1) is 20.1. The van der Waals surface area contributed by atoms with Gasteiger partial charge in [0.15, 0.2) is 5.11 Å². The Labute approximate surface area is 181 Å². The summed E-state index contributed by atoms with van der Waals surface area (Å²) >= 11 is 5.60. The van der Waals surface area contributed by atoms with Gasteiger partial charge in [-0.1, -0.05) is 18.2 Å². The molecule has 30 heavy (non-hydrogen) atoms. The largest absolute Gasteiger partial charge is 0.467 e. The number of furan rings is 1. The average Bonchev–Trinajstić information content (AvgIpc) is 3.37. The number of thiocarbonyl (C=S) groups is 1. The molecule has 4 rings (SSSR count). The SMILES string of the molecule is Cc1ccc(C)c(NC(=O)CCN2C(=S)NC(c3ccccn3)C2c2ccco2)c1. The molecule has 0 aliphatic carbocycles. The van der Waals surface area contributed by atoms with Crippen LogP contribution < -0.4 is 10.6 Å². The molecule has 0 saturated carbocycles. The molecule has 154 valence electrons. The number of anilines is 1. The predicted molar refractivity (Wildman–Crippen MR) is 120 cm³/mol. The van der Waals surface area contributed by atoms with Crippen molar-refractivity contribution < 1.29 is 9.21 Å². The summed E-state index contributed by atoms with van der Waals surface area (Å²) in [6, 6.07) is 15.3. The number of nitrogens with one attached hydrogen (secondary N) is 2. The number of carbonyl (C=O) groups excluding carboxylic acids is 1. The zero-order chi connectivity index (χ0) is 21.1. The van der Waals surface area contributed by atoms with E-state index in [4.69, 9.17) is 16.6 Å². The van der Waals surface area contributed by atoms with Crippen LogP contribution in [-0.2, 0) is 4.79 Å². The Bertz CT molecular complexity index is 1040. The van der Waals surface area contributed by atoms with Gasteiger partial charge >= 0.3 is 0 Å². The molecule has 1 saturated heterocycles. The summed E-state index contributed by atoms with van der Waals surface area (Å²) in [4.78, 5) is 19.1. The molecule has 1 aliphatic heterocycles. The van der Waals surface area contributed by atoms with Crippen molar-refractivity contribution in [2.24, 2.45) is 0 Å². The van der Waals surface area contributed by atoms with E-state index in [2.05, 4.69) is 15.6 Å². The van der Waals surface area contributed by atoms with Gasteiger partial charge in [0, 0.05) is 24.8 Å². The molecular weight excluding hydrogens is 396 g/mol. The monoisotopic (exact) mass is 420 g/mol. The van der Waals surface area contributed by atoms with Crippen molar-refractivity contribution >= 4 is 28.9 Å². The topological polar surface area (TPSA) is 70.4 Å². The Balaban J connectivity index is 1.50. The fourth-order valence-electron chi connectivity index (χ4n) is 3.72. The molecular formula is C23H24N4O2S. The second-order valence-corrected chi connectivity index (χ2v) is 7.84. The van der Waals surface area contributed by atoms with Crippen LogP contribution in [0.3, 0.4) is 0 Å². The van der Waals surface area contributed by atoms with Crippen LogP contribution in [0.2, 0.25) is 0 Å². The van der Waals surface area contributed by atoms with Gasteiger partial charge in [0.1, 0.15) is 11.8 Å². The minimum Gasteiger partial charge on any atom is -0.467 e. The van der Waals surface area contributed by atoms with Crippen molar-refractivity contribution in [2.45, 2.75) is 32.4 Å². The van der Waals surface area contributed by atoms with Gasteiger partial charge in [0.2, 0.25) is 5.91 Å². The summed E-state index contributed by atoms with van der Waals surface area (Å²) in [6.45, 7) is 4.46. The van der Waals surface area contributed by atoms with Crippen molar-refractivity contribution in [1.29, 1.82) is 0 Å². The summed E-state index contributed by atoms with van der Waals surface area (Å²) in [5.41, 5.74) is 3.87. The number of pyridine rings is 1. The van der Waals surface area contributed by atoms with Crippen molar-refractivity contribution in [1.82, 2.24) is 15.2 Å². The third-order valence-electron chi connectivity index (χ3n) is 5.28. The fourth-order valence-corrected chi connectivity index (χ4v) is 4.05. The Morgan fingerprint density at radius 2 is 2.10 bits per heavy atom. The van der Waals surface area contributed by atoms with Crippen molar-refractivity contribution in [2.75, 3.05) is 11.9 Å². The van der Waals surface area contributed by atoms with Crippen LogP contribution >= 0.6 is 12.2 Å². The highest BCUT2D eigenvalue weighted by Crippen LogP contribution is 2.38. The number of amides is 1. The molecule has 3 aromatic rings. The van der Waals surface area contributed by atoms with E-state index in [9.17, 15) is 4.79 Å². The molecule has 0 bridgehead atoms. The van der Waals surface area contributed by atoms with Gasteiger partial charge in [-0.2, -0.15) is 0 Å². The van der Waals surface area contributed by atoms with Crippen LogP contribution in [0.1, 0.15) is 41.1 Å². The summed E-state index contributed by atoms with van der Waals surface area (Å²) in [7, 11) is 0. The van der Waals surface area contributed by atoms with E-state index in [1.165, 1.54) is 0 Å². The highest BCUT2D eigenvalue weighted by molar-refractivity contribution is 7.80. The predicted octanol–water partition coefficient (Wildman–Crippen LogP) is 4.29. The summed E-state index contributed by atoms with van der Waals surface area (Å²) < 4.78 is 5.71. The highest BCUT2D eigenvalue weighted by Gasteiger charge is 2.41. The first-order valence-corrected chi connectivity index (χ1v) is 10.3. The molecule has 2 unspecified atom stereocenters. The molecule has 2 N–H and O–H groups in total. The van der Waals surface area contributed by atoms with Crippen LogP contribution in [0, 0.1) is 13.8 Å². The second-order valence-electron chi connectivity index (χ2n) is 7.45. The van der Waals surface area contributed by atoms with Gasteiger partial charge in [-0.3, -0.25) is 9.78 Å². The molecule has 1 aromatic carbocycles. The third-order valence-corrected chi connectivity index (χ3v) is 5.63. The van der Waals surface area contributed by atoms with Crippen LogP contribution in [0.5, 0.6) is 0 Å². The van der Waals surface area contributed by atoms with Crippen molar-refractivity contribution in [3.8, 4) is 0 Å². The molecule has 0 spiro atoms. The summed E-state index contributed by atoms with van der Waals surface area (Å²) in [5, 5.41) is 6.96. The molecule has 3 heterocycles. The Kier molecular flexibility index (Phi) is 5.81. The smallest absolute Gasteiger partial charge is 0.226 e. The lowest BCUT2D eigenvalue weighted by atomic mass is 10.0. The number of aromatic nitrogens is 1. The van der Waals surface area contributed by atoms with E-state index in [-0.39, 0.29) is 18.0 Å². The van der Waals surface area contributed by atoms with Gasteiger partial charge in [0.05, 0.1) is 18.0 Å². The number of hydrogen-bond donors (Lipinski definition) is 2. The first-order valence-electron chi connectivity index (χ1n) is 9.91. The number of aryl methyl sites for hydroxylation is 2. The zero-order valence-corrected chi connectivity index (χ0v) is 17.8. The normalized spacial score (nSPS) is 18.3. The zero-order valence-electron chi connectivity index (χ0n) is 17.0. The highest BCUT2D eigenvalue weighted by atomic mass is 32.1. The molecule has 2 atom stereocenters. The average molecular weight is 421 g/mol. The van der Waals surface area contributed by atoms with Gasteiger partial charge in [-0.15, -0.1) is 0 Å². The van der Waals surface area contributed by atoms with Gasteiger partial charge in [0.25, 0.3) is 0 Å². The number of carbonyl (C=O) groups is 1. The molecule has 1 amide bonds. The molecule has 2 aromatic heterocycles. The van der Waals surface area contributed by atoms with Crippen molar-refractivity contribution in [3.05, 3.63) is 83.6 Å². The summed E-state index contributed by atoms with van der Waals surface area (Å²) in [6.07, 6.45) is 3.72. The minimum absolute atomic E-state index is 0.0500. The lowest BCUT2D eigenvalue weighted by Crippen LogP contribution is -2.32. The second kappa shape index (κ2) is 8.67. The first-order chi connectivity index (χ1) is 14.5. The molecule has 7 heteroatoms. The van der Waals surface area contributed by atoms with E-state index in [1.54, 1.807) is 12.5 Å². The maximum absolute atomic E-state index is 12.6. The van der Waals surface area contributed by atoms with E-state index in [0.717, 1.165) is 28.3 Å². The minimum atomic E-state index is -0.170. The van der Waals surface area contributed by atoms with E-state index >= 15 is 0 Å².